The van der Waals surface area contributed by atoms with Crippen LogP contribution in [0, 0.1) is 5.82 Å². The minimum Gasteiger partial charge on any atom is -0.481 e. The van der Waals surface area contributed by atoms with E-state index < -0.39 is 30.4 Å². The molecule has 0 aliphatic carbocycles. The molecule has 0 aliphatic rings. The van der Waals surface area contributed by atoms with E-state index in [1.807, 2.05) is 13.8 Å². The molecule has 0 spiro atoms. The molecule has 3 aromatic rings. The van der Waals surface area contributed by atoms with Gasteiger partial charge in [0.1, 0.15) is 12.1 Å². The molecule has 0 radical (unpaired) electrons. The number of carboxylic acids is 1. The highest BCUT2D eigenvalue weighted by Crippen LogP contribution is 2.31. The zero-order valence-corrected chi connectivity index (χ0v) is 18.1. The first-order chi connectivity index (χ1) is 15.7. The summed E-state index contributed by atoms with van der Waals surface area (Å²) < 4.78 is 18.4. The van der Waals surface area contributed by atoms with Crippen LogP contribution >= 0.6 is 0 Å². The second-order valence-corrected chi connectivity index (χ2v) is 7.78. The van der Waals surface area contributed by atoms with E-state index in [4.69, 9.17) is 9.63 Å². The number of aliphatic carboxylic acids is 1. The maximum absolute atomic E-state index is 13.5. The van der Waals surface area contributed by atoms with E-state index in [2.05, 4.69) is 20.4 Å². The number of carbonyl (C=O) groups is 1. The van der Waals surface area contributed by atoms with E-state index in [1.54, 1.807) is 24.3 Å². The highest BCUT2D eigenvalue weighted by molar-refractivity contribution is 5.75. The lowest BCUT2D eigenvalue weighted by molar-refractivity contribution is -0.139. The summed E-state index contributed by atoms with van der Waals surface area (Å²) in [6, 6.07) is 7.43. The standard InChI is InChI=1S/C23H25FN4O5/c1-13(2)21-18(8-7-16(29)11-17(30)12-20(31)32)22(14-3-5-15(24)6-4-14)27-23(26-21)25-19-9-10-33-28-19/h3-10,13,16-17,29-30H,11-12H2,1-2H3,(H,31,32)(H,25,26,27,28)/t16-,17-/m1/s1. The van der Waals surface area contributed by atoms with Crippen LogP contribution in [0.2, 0.25) is 0 Å². The Balaban J connectivity index is 2.02. The number of carboxylic acid groups (broad SMARTS) is 1. The number of nitrogens with zero attached hydrogens (tertiary/aromatic N) is 3. The molecule has 4 N–H and O–H groups in total. The fourth-order valence-electron chi connectivity index (χ4n) is 3.22. The van der Waals surface area contributed by atoms with Crippen molar-refractivity contribution in [3.63, 3.8) is 0 Å². The number of benzene rings is 1. The lowest BCUT2D eigenvalue weighted by Gasteiger charge is -2.17. The lowest BCUT2D eigenvalue weighted by atomic mass is 9.97. The number of nitrogens with one attached hydrogen (secondary N) is 1. The van der Waals surface area contributed by atoms with Crippen LogP contribution in [-0.4, -0.2) is 48.6 Å². The maximum atomic E-state index is 13.5. The van der Waals surface area contributed by atoms with E-state index in [-0.39, 0.29) is 18.3 Å². The summed E-state index contributed by atoms with van der Waals surface area (Å²) in [5.74, 6) is -0.900. The summed E-state index contributed by atoms with van der Waals surface area (Å²) in [5.41, 5.74) is 2.39. The molecule has 0 saturated carbocycles. The third kappa shape index (κ3) is 6.67. The first-order valence-corrected chi connectivity index (χ1v) is 10.3. The number of hydrogen-bond acceptors (Lipinski definition) is 8. The molecular formula is C23H25FN4O5. The van der Waals surface area contributed by atoms with Crippen molar-refractivity contribution in [2.24, 2.45) is 0 Å². The zero-order chi connectivity index (χ0) is 24.0. The molecule has 2 heterocycles. The van der Waals surface area contributed by atoms with Crippen molar-refractivity contribution >= 4 is 23.8 Å². The Bertz CT molecular complexity index is 1100. The lowest BCUT2D eigenvalue weighted by Crippen LogP contribution is -2.19. The van der Waals surface area contributed by atoms with Crippen LogP contribution in [0.15, 0.2) is 47.2 Å². The van der Waals surface area contributed by atoms with Crippen LogP contribution in [0.5, 0.6) is 0 Å². The summed E-state index contributed by atoms with van der Waals surface area (Å²) in [6.45, 7) is 3.89. The Kier molecular flexibility index (Phi) is 7.86. The molecule has 174 valence electrons. The predicted molar refractivity (Wildman–Crippen MR) is 119 cm³/mol. The van der Waals surface area contributed by atoms with Gasteiger partial charge in [0.05, 0.1) is 30.0 Å². The summed E-state index contributed by atoms with van der Waals surface area (Å²) in [7, 11) is 0. The molecular weight excluding hydrogens is 431 g/mol. The van der Waals surface area contributed by atoms with E-state index in [0.717, 1.165) is 0 Å². The second kappa shape index (κ2) is 10.8. The fraction of sp³-hybridized carbons (Fsp3) is 0.304. The minimum atomic E-state index is -1.19. The van der Waals surface area contributed by atoms with Crippen LogP contribution < -0.4 is 5.32 Å². The second-order valence-electron chi connectivity index (χ2n) is 7.78. The van der Waals surface area contributed by atoms with E-state index in [9.17, 15) is 19.4 Å². The fourth-order valence-corrected chi connectivity index (χ4v) is 3.22. The Morgan fingerprint density at radius 2 is 1.91 bits per heavy atom. The maximum Gasteiger partial charge on any atom is 0.305 e. The molecule has 1 aromatic carbocycles. The molecule has 2 atom stereocenters. The van der Waals surface area contributed by atoms with Gasteiger partial charge in [-0.15, -0.1) is 0 Å². The van der Waals surface area contributed by atoms with Gasteiger partial charge in [0, 0.05) is 23.6 Å². The van der Waals surface area contributed by atoms with Gasteiger partial charge in [0.25, 0.3) is 0 Å². The molecule has 33 heavy (non-hydrogen) atoms. The number of aromatic nitrogens is 3. The average Bonchev–Trinajstić information content (AvgIpc) is 3.25. The molecule has 0 aliphatic heterocycles. The van der Waals surface area contributed by atoms with Crippen molar-refractivity contribution < 1.29 is 29.0 Å². The number of aliphatic hydroxyl groups excluding tert-OH is 2. The van der Waals surface area contributed by atoms with Crippen molar-refractivity contribution in [1.82, 2.24) is 15.1 Å². The highest BCUT2D eigenvalue weighted by atomic mass is 19.1. The molecule has 3 rings (SSSR count). The van der Waals surface area contributed by atoms with Gasteiger partial charge in [-0.25, -0.2) is 14.4 Å². The number of halogens is 1. The Morgan fingerprint density at radius 3 is 2.52 bits per heavy atom. The Morgan fingerprint density at radius 1 is 1.18 bits per heavy atom. The summed E-state index contributed by atoms with van der Waals surface area (Å²) in [5, 5.41) is 35.6. The van der Waals surface area contributed by atoms with Crippen LogP contribution in [0.25, 0.3) is 17.3 Å². The average molecular weight is 456 g/mol. The smallest absolute Gasteiger partial charge is 0.305 e. The normalized spacial score (nSPS) is 13.4. The van der Waals surface area contributed by atoms with E-state index in [1.165, 1.54) is 24.5 Å². The van der Waals surface area contributed by atoms with Gasteiger partial charge in [-0.1, -0.05) is 31.2 Å². The van der Waals surface area contributed by atoms with Crippen molar-refractivity contribution in [3.05, 3.63) is 59.7 Å². The third-order valence-electron chi connectivity index (χ3n) is 4.73. The van der Waals surface area contributed by atoms with Gasteiger partial charge in [-0.2, -0.15) is 0 Å². The van der Waals surface area contributed by atoms with Crippen LogP contribution in [-0.2, 0) is 4.79 Å². The first-order valence-electron chi connectivity index (χ1n) is 10.3. The monoisotopic (exact) mass is 456 g/mol. The molecule has 0 saturated heterocycles. The summed E-state index contributed by atoms with van der Waals surface area (Å²) >= 11 is 0. The SMILES string of the molecule is CC(C)c1nc(Nc2ccon2)nc(-c2ccc(F)cc2)c1C=C[C@@H](O)C[C@@H](O)CC(=O)O. The number of hydrogen-bond donors (Lipinski definition) is 4. The molecule has 0 amide bonds. The Labute approximate surface area is 189 Å². The molecule has 0 fully saturated rings. The molecule has 9 nitrogen and oxygen atoms in total. The van der Waals surface area contributed by atoms with Gasteiger partial charge in [0.2, 0.25) is 5.95 Å². The third-order valence-corrected chi connectivity index (χ3v) is 4.73. The first kappa shape index (κ1) is 24.0. The predicted octanol–water partition coefficient (Wildman–Crippen LogP) is 3.74. The summed E-state index contributed by atoms with van der Waals surface area (Å²) in [4.78, 5) is 19.9. The van der Waals surface area contributed by atoms with Crippen LogP contribution in [0.1, 0.15) is 43.9 Å². The van der Waals surface area contributed by atoms with Crippen LogP contribution in [0.4, 0.5) is 16.2 Å². The topological polar surface area (TPSA) is 142 Å². The molecule has 0 bridgehead atoms. The van der Waals surface area contributed by atoms with Gasteiger partial charge in [-0.05, 0) is 30.2 Å². The number of aliphatic hydroxyl groups is 2. The van der Waals surface area contributed by atoms with Gasteiger partial charge in [0.15, 0.2) is 5.82 Å². The molecule has 10 heteroatoms. The largest absolute Gasteiger partial charge is 0.481 e. The summed E-state index contributed by atoms with van der Waals surface area (Å²) in [6.07, 6.45) is 1.61. The van der Waals surface area contributed by atoms with Gasteiger partial charge >= 0.3 is 5.97 Å². The van der Waals surface area contributed by atoms with E-state index >= 15 is 0 Å². The minimum absolute atomic E-state index is 0.0422. The van der Waals surface area contributed by atoms with Crippen molar-refractivity contribution in [2.75, 3.05) is 5.32 Å². The van der Waals surface area contributed by atoms with Crippen LogP contribution in [0.3, 0.4) is 0 Å². The quantitative estimate of drug-likeness (QED) is 0.359. The van der Waals surface area contributed by atoms with E-state index in [0.29, 0.717) is 28.3 Å². The Hall–Kier alpha value is -3.63. The molecule has 2 aromatic heterocycles. The van der Waals surface area contributed by atoms with Crippen molar-refractivity contribution in [1.29, 1.82) is 0 Å². The molecule has 0 unspecified atom stereocenters. The van der Waals surface area contributed by atoms with Gasteiger partial charge in [-0.3, -0.25) is 4.79 Å². The van der Waals surface area contributed by atoms with Crippen molar-refractivity contribution in [3.8, 4) is 11.3 Å². The van der Waals surface area contributed by atoms with Gasteiger partial charge < -0.3 is 25.2 Å². The van der Waals surface area contributed by atoms with Crippen molar-refractivity contribution in [2.45, 2.75) is 44.8 Å². The number of anilines is 2. The highest BCUT2D eigenvalue weighted by Gasteiger charge is 2.19. The zero-order valence-electron chi connectivity index (χ0n) is 18.1. The number of rotatable bonds is 10.